The van der Waals surface area contributed by atoms with E-state index in [1.807, 2.05) is 6.07 Å². The van der Waals surface area contributed by atoms with Gasteiger partial charge in [0.15, 0.2) is 5.82 Å². The number of imidazole rings is 1. The van der Waals surface area contributed by atoms with Gasteiger partial charge in [-0.3, -0.25) is 14.8 Å². The zero-order valence-corrected chi connectivity index (χ0v) is 18.9. The zero-order chi connectivity index (χ0) is 23.7. The van der Waals surface area contributed by atoms with Gasteiger partial charge in [-0.15, -0.1) is 0 Å². The molecule has 0 aliphatic carbocycles. The number of aryl methyl sites for hydroxylation is 1. The maximum Gasteiger partial charge on any atom is 0.259 e. The monoisotopic (exact) mass is 464 g/mol. The van der Waals surface area contributed by atoms with E-state index >= 15 is 0 Å². The number of hydrogen-bond acceptors (Lipinski definition) is 6. The average Bonchev–Trinajstić information content (AvgIpc) is 3.45. The fourth-order valence-electron chi connectivity index (χ4n) is 4.16. The Balaban J connectivity index is 1.38. The van der Waals surface area contributed by atoms with Crippen LogP contribution in [-0.4, -0.2) is 64.4 Å². The first-order chi connectivity index (χ1) is 16.5. The lowest BCUT2D eigenvalue weighted by Gasteiger charge is -2.26. The summed E-state index contributed by atoms with van der Waals surface area (Å²) in [6, 6.07) is 8.91. The summed E-state index contributed by atoms with van der Waals surface area (Å²) in [7, 11) is 1.45. The fraction of sp³-hybridized carbons (Fsp3) is 0.292. The highest BCUT2D eigenvalue weighted by Crippen LogP contribution is 2.28. The lowest BCUT2D eigenvalue weighted by atomic mass is 10.1. The third-order valence-corrected chi connectivity index (χ3v) is 5.90. The van der Waals surface area contributed by atoms with Gasteiger partial charge in [0, 0.05) is 25.7 Å². The van der Waals surface area contributed by atoms with Crippen molar-refractivity contribution < 1.29 is 18.7 Å². The van der Waals surface area contributed by atoms with Crippen molar-refractivity contribution in [2.45, 2.75) is 13.5 Å². The number of nitrogens with one attached hydrogen (secondary N) is 3. The van der Waals surface area contributed by atoms with E-state index in [0.29, 0.717) is 28.5 Å². The fourth-order valence-corrected chi connectivity index (χ4v) is 4.16. The number of carbonyl (C=O) groups is 1. The molecule has 9 nitrogen and oxygen atoms in total. The Morgan fingerprint density at radius 3 is 2.85 bits per heavy atom. The maximum absolute atomic E-state index is 14.6. The summed E-state index contributed by atoms with van der Waals surface area (Å²) in [6.07, 6.45) is 1.47. The molecule has 10 heteroatoms. The number of nitrogens with zero attached hydrogens (tertiary/aromatic N) is 3. The summed E-state index contributed by atoms with van der Waals surface area (Å²) in [5, 5.41) is 9.67. The molecule has 176 valence electrons. The number of amides is 1. The van der Waals surface area contributed by atoms with Gasteiger partial charge in [0.2, 0.25) is 0 Å². The molecule has 0 bridgehead atoms. The minimum atomic E-state index is -0.657. The van der Waals surface area contributed by atoms with Crippen molar-refractivity contribution in [2.75, 3.05) is 38.7 Å². The average molecular weight is 465 g/mol. The largest absolute Gasteiger partial charge is 0.497 e. The Morgan fingerprint density at radius 2 is 2.09 bits per heavy atom. The zero-order valence-electron chi connectivity index (χ0n) is 18.9. The number of anilines is 1. The van der Waals surface area contributed by atoms with E-state index in [1.165, 1.54) is 24.9 Å². The Kier molecular flexibility index (Phi) is 5.99. The molecular formula is C24H25FN6O3. The van der Waals surface area contributed by atoms with Crippen molar-refractivity contribution in [3.05, 3.63) is 59.0 Å². The number of methoxy groups -OCH3 is 1. The standard InChI is InChI=1S/C24H25FN6O3/c1-14-9-16(33-2)11-17(25)21(14)24(32)29-20-12-26-30-22(20)23-27-18-4-3-15(10-19(18)28-23)13-31-5-7-34-8-6-31/h3-4,9-12H,5-8,13H2,1-2H3,(H,26,30)(H,27,28)(H,29,32). The second-order valence-corrected chi connectivity index (χ2v) is 8.24. The Morgan fingerprint density at radius 1 is 1.26 bits per heavy atom. The first-order valence-electron chi connectivity index (χ1n) is 11.0. The molecule has 0 saturated carbocycles. The van der Waals surface area contributed by atoms with Crippen molar-refractivity contribution in [1.29, 1.82) is 0 Å². The number of H-pyrrole nitrogens is 2. The van der Waals surface area contributed by atoms with Crippen LogP contribution in [-0.2, 0) is 11.3 Å². The molecular weight excluding hydrogens is 439 g/mol. The summed E-state index contributed by atoms with van der Waals surface area (Å²) in [6.45, 7) is 5.83. The lowest BCUT2D eigenvalue weighted by molar-refractivity contribution is 0.0342. The SMILES string of the molecule is COc1cc(C)c(C(=O)Nc2cn[nH]c2-c2nc3ccc(CN4CCOCC4)cc3[nH]2)c(F)c1. The summed E-state index contributed by atoms with van der Waals surface area (Å²) < 4.78 is 25.0. The van der Waals surface area contributed by atoms with Gasteiger partial charge in [-0.25, -0.2) is 9.37 Å². The van der Waals surface area contributed by atoms with E-state index in [-0.39, 0.29) is 5.56 Å². The predicted molar refractivity (Wildman–Crippen MR) is 125 cm³/mol. The Bertz CT molecular complexity index is 1320. The number of halogens is 1. The second-order valence-electron chi connectivity index (χ2n) is 8.24. The molecule has 1 saturated heterocycles. The lowest BCUT2D eigenvalue weighted by Crippen LogP contribution is -2.35. The third kappa shape index (κ3) is 4.37. The highest BCUT2D eigenvalue weighted by molar-refractivity contribution is 6.07. The molecule has 2 aromatic heterocycles. The van der Waals surface area contributed by atoms with E-state index in [2.05, 4.69) is 42.5 Å². The van der Waals surface area contributed by atoms with Gasteiger partial charge < -0.3 is 19.8 Å². The number of morpholine rings is 1. The highest BCUT2D eigenvalue weighted by Gasteiger charge is 2.20. The third-order valence-electron chi connectivity index (χ3n) is 5.90. The summed E-state index contributed by atoms with van der Waals surface area (Å²) in [5.74, 6) is -0.357. The molecule has 3 heterocycles. The molecule has 0 unspecified atom stereocenters. The van der Waals surface area contributed by atoms with Crippen LogP contribution in [0.1, 0.15) is 21.5 Å². The molecule has 0 atom stereocenters. The van der Waals surface area contributed by atoms with Crippen LogP contribution < -0.4 is 10.1 Å². The summed E-state index contributed by atoms with van der Waals surface area (Å²) in [5.41, 5.74) is 4.17. The number of rotatable bonds is 6. The number of carbonyl (C=O) groups excluding carboxylic acids is 1. The number of aromatic nitrogens is 4. The van der Waals surface area contributed by atoms with Crippen LogP contribution in [0.15, 0.2) is 36.5 Å². The molecule has 0 radical (unpaired) electrons. The van der Waals surface area contributed by atoms with Crippen LogP contribution in [0.25, 0.3) is 22.6 Å². The van der Waals surface area contributed by atoms with Crippen molar-refractivity contribution >= 4 is 22.6 Å². The van der Waals surface area contributed by atoms with Gasteiger partial charge >= 0.3 is 0 Å². The topological polar surface area (TPSA) is 108 Å². The van der Waals surface area contributed by atoms with Gasteiger partial charge in [0.25, 0.3) is 5.91 Å². The minimum Gasteiger partial charge on any atom is -0.497 e. The number of aromatic amines is 2. The highest BCUT2D eigenvalue weighted by atomic mass is 19.1. The van der Waals surface area contributed by atoms with Crippen LogP contribution >= 0.6 is 0 Å². The number of fused-ring (bicyclic) bond motifs is 1. The van der Waals surface area contributed by atoms with Crippen LogP contribution in [0.3, 0.4) is 0 Å². The van der Waals surface area contributed by atoms with E-state index < -0.39 is 11.7 Å². The predicted octanol–water partition coefficient (Wildman–Crippen LogP) is 3.49. The van der Waals surface area contributed by atoms with E-state index in [1.54, 1.807) is 13.0 Å². The number of benzene rings is 2. The molecule has 1 fully saturated rings. The smallest absolute Gasteiger partial charge is 0.259 e. The molecule has 0 spiro atoms. The first-order valence-corrected chi connectivity index (χ1v) is 11.0. The van der Waals surface area contributed by atoms with Gasteiger partial charge in [-0.1, -0.05) is 6.07 Å². The molecule has 1 amide bonds. The molecule has 2 aromatic carbocycles. The van der Waals surface area contributed by atoms with Crippen LogP contribution in [0, 0.1) is 12.7 Å². The molecule has 3 N–H and O–H groups in total. The van der Waals surface area contributed by atoms with E-state index in [4.69, 9.17) is 9.47 Å². The van der Waals surface area contributed by atoms with Gasteiger partial charge in [-0.2, -0.15) is 5.10 Å². The van der Waals surface area contributed by atoms with Crippen molar-refractivity contribution in [2.24, 2.45) is 0 Å². The number of ether oxygens (including phenoxy) is 2. The van der Waals surface area contributed by atoms with Crippen molar-refractivity contribution in [3.8, 4) is 17.3 Å². The molecule has 34 heavy (non-hydrogen) atoms. The van der Waals surface area contributed by atoms with Crippen LogP contribution in [0.2, 0.25) is 0 Å². The maximum atomic E-state index is 14.6. The van der Waals surface area contributed by atoms with Gasteiger partial charge in [0.05, 0.1) is 48.8 Å². The minimum absolute atomic E-state index is 0.0506. The summed E-state index contributed by atoms with van der Waals surface area (Å²) in [4.78, 5) is 23.2. The Hall–Kier alpha value is -3.76. The normalized spacial score (nSPS) is 14.4. The molecule has 1 aliphatic heterocycles. The van der Waals surface area contributed by atoms with E-state index in [0.717, 1.165) is 43.9 Å². The molecule has 4 aromatic rings. The van der Waals surface area contributed by atoms with Crippen molar-refractivity contribution in [1.82, 2.24) is 25.1 Å². The molecule has 1 aliphatic rings. The van der Waals surface area contributed by atoms with Gasteiger partial charge in [0.1, 0.15) is 17.3 Å². The van der Waals surface area contributed by atoms with E-state index in [9.17, 15) is 9.18 Å². The van der Waals surface area contributed by atoms with Crippen LogP contribution in [0.5, 0.6) is 5.75 Å². The Labute approximate surface area is 195 Å². The first kappa shape index (κ1) is 22.1. The van der Waals surface area contributed by atoms with Crippen molar-refractivity contribution in [3.63, 3.8) is 0 Å². The second kappa shape index (κ2) is 9.24. The summed E-state index contributed by atoms with van der Waals surface area (Å²) >= 11 is 0. The number of hydrogen-bond donors (Lipinski definition) is 3. The van der Waals surface area contributed by atoms with Crippen LogP contribution in [0.4, 0.5) is 10.1 Å². The van der Waals surface area contributed by atoms with Gasteiger partial charge in [-0.05, 0) is 36.2 Å². The molecule has 5 rings (SSSR count). The quantitative estimate of drug-likeness (QED) is 0.403.